The van der Waals surface area contributed by atoms with Gasteiger partial charge in [-0.05, 0) is 31.2 Å². The number of pyridine rings is 1. The smallest absolute Gasteiger partial charge is 0.275 e. The van der Waals surface area contributed by atoms with Gasteiger partial charge >= 0.3 is 0 Å². The Balaban J connectivity index is 2.23. The average Bonchev–Trinajstić information content (AvgIpc) is 2.47. The van der Waals surface area contributed by atoms with Gasteiger partial charge in [0.1, 0.15) is 5.69 Å². The molecule has 1 amide bonds. The van der Waals surface area contributed by atoms with Crippen LogP contribution in [-0.4, -0.2) is 17.4 Å². The van der Waals surface area contributed by atoms with Crippen molar-refractivity contribution in [3.05, 3.63) is 59.4 Å². The van der Waals surface area contributed by atoms with Crippen molar-refractivity contribution in [2.45, 2.75) is 6.92 Å². The van der Waals surface area contributed by atoms with E-state index in [-0.39, 0.29) is 12.5 Å². The summed E-state index contributed by atoms with van der Waals surface area (Å²) in [5.41, 5.74) is 8.08. The summed E-state index contributed by atoms with van der Waals surface area (Å²) < 4.78 is 0. The number of nitrogens with two attached hydrogens (primary N) is 1. The number of anilines is 1. The van der Waals surface area contributed by atoms with Gasteiger partial charge in [-0.3, -0.25) is 4.79 Å². The van der Waals surface area contributed by atoms with Crippen LogP contribution in [0, 0.1) is 18.8 Å². The Labute approximate surface area is 118 Å². The fourth-order valence-corrected chi connectivity index (χ4v) is 1.66. The van der Waals surface area contributed by atoms with Crippen LogP contribution in [0.5, 0.6) is 0 Å². The summed E-state index contributed by atoms with van der Waals surface area (Å²) in [6.07, 6.45) is 1.57. The van der Waals surface area contributed by atoms with Gasteiger partial charge in [0.25, 0.3) is 5.91 Å². The van der Waals surface area contributed by atoms with Crippen LogP contribution in [0.3, 0.4) is 0 Å². The van der Waals surface area contributed by atoms with Crippen LogP contribution in [0.1, 0.15) is 21.6 Å². The van der Waals surface area contributed by atoms with E-state index in [1.807, 2.05) is 31.2 Å². The first-order chi connectivity index (χ1) is 9.70. The van der Waals surface area contributed by atoms with Crippen molar-refractivity contribution in [2.75, 3.05) is 11.9 Å². The molecule has 4 heteroatoms. The van der Waals surface area contributed by atoms with Crippen molar-refractivity contribution in [1.29, 1.82) is 0 Å². The van der Waals surface area contributed by atoms with Gasteiger partial charge in [0.15, 0.2) is 0 Å². The highest BCUT2D eigenvalue weighted by Crippen LogP contribution is 2.11. The molecule has 2 rings (SSSR count). The molecule has 0 spiro atoms. The molecular weight excluding hydrogens is 250 g/mol. The normalized spacial score (nSPS) is 9.50. The van der Waals surface area contributed by atoms with Gasteiger partial charge in [-0.15, -0.1) is 0 Å². The summed E-state index contributed by atoms with van der Waals surface area (Å²) in [6.45, 7) is 2.23. The molecule has 0 atom stereocenters. The number of nitrogens with zero attached hydrogens (tertiary/aromatic N) is 1. The minimum absolute atomic E-state index is 0.244. The molecule has 1 heterocycles. The fraction of sp³-hybridized carbons (Fsp3) is 0.125. The Morgan fingerprint density at radius 3 is 2.75 bits per heavy atom. The van der Waals surface area contributed by atoms with Gasteiger partial charge in [0.05, 0.1) is 12.1 Å². The van der Waals surface area contributed by atoms with E-state index in [4.69, 9.17) is 5.73 Å². The van der Waals surface area contributed by atoms with Gasteiger partial charge in [-0.25, -0.2) is 4.98 Å². The standard InChI is InChI=1S/C16H15N3O/c1-12-6-8-14(9-7-12)19-16(20)15-13(4-2-10-17)5-3-11-18-15/h3,5-9,11H,10,17H2,1H3,(H,19,20). The topological polar surface area (TPSA) is 68.0 Å². The SMILES string of the molecule is Cc1ccc(NC(=O)c2ncccc2C#CCN)cc1. The van der Waals surface area contributed by atoms with Crippen LogP contribution >= 0.6 is 0 Å². The van der Waals surface area contributed by atoms with Crippen LogP contribution in [-0.2, 0) is 0 Å². The Morgan fingerprint density at radius 1 is 1.30 bits per heavy atom. The maximum Gasteiger partial charge on any atom is 0.275 e. The molecule has 100 valence electrons. The predicted octanol–water partition coefficient (Wildman–Crippen LogP) is 1.95. The van der Waals surface area contributed by atoms with Crippen molar-refractivity contribution in [3.8, 4) is 11.8 Å². The highest BCUT2D eigenvalue weighted by atomic mass is 16.1. The van der Waals surface area contributed by atoms with Crippen LogP contribution in [0.2, 0.25) is 0 Å². The third-order valence-corrected chi connectivity index (χ3v) is 2.66. The molecule has 4 nitrogen and oxygen atoms in total. The molecule has 0 fully saturated rings. The minimum Gasteiger partial charge on any atom is -0.321 e. The number of hydrogen-bond donors (Lipinski definition) is 2. The Hall–Kier alpha value is -2.64. The number of aryl methyl sites for hydroxylation is 1. The molecule has 0 aliphatic heterocycles. The molecule has 0 bridgehead atoms. The third-order valence-electron chi connectivity index (χ3n) is 2.66. The van der Waals surface area contributed by atoms with E-state index < -0.39 is 0 Å². The summed E-state index contributed by atoms with van der Waals surface area (Å²) in [7, 11) is 0. The molecule has 0 aliphatic carbocycles. The quantitative estimate of drug-likeness (QED) is 0.815. The highest BCUT2D eigenvalue weighted by Gasteiger charge is 2.11. The Bertz CT molecular complexity index is 666. The Kier molecular flexibility index (Phi) is 4.48. The van der Waals surface area contributed by atoms with Gasteiger partial charge in [-0.1, -0.05) is 29.5 Å². The average molecular weight is 265 g/mol. The van der Waals surface area contributed by atoms with E-state index in [9.17, 15) is 4.79 Å². The summed E-state index contributed by atoms with van der Waals surface area (Å²) >= 11 is 0. The number of benzene rings is 1. The summed E-state index contributed by atoms with van der Waals surface area (Å²) in [4.78, 5) is 16.3. The molecule has 2 aromatic rings. The molecule has 0 saturated carbocycles. The summed E-state index contributed by atoms with van der Waals surface area (Å²) in [5, 5.41) is 2.80. The van der Waals surface area contributed by atoms with Crippen molar-refractivity contribution >= 4 is 11.6 Å². The molecule has 1 aromatic heterocycles. The molecule has 0 saturated heterocycles. The van der Waals surface area contributed by atoms with Crippen LogP contribution in [0.4, 0.5) is 5.69 Å². The van der Waals surface area contributed by atoms with Gasteiger partial charge in [0.2, 0.25) is 0 Å². The second kappa shape index (κ2) is 6.50. The molecule has 20 heavy (non-hydrogen) atoms. The van der Waals surface area contributed by atoms with E-state index >= 15 is 0 Å². The number of hydrogen-bond acceptors (Lipinski definition) is 3. The number of carbonyl (C=O) groups excluding carboxylic acids is 1. The second-order valence-corrected chi connectivity index (χ2v) is 4.23. The van der Waals surface area contributed by atoms with Crippen molar-refractivity contribution < 1.29 is 4.79 Å². The van der Waals surface area contributed by atoms with E-state index in [0.717, 1.165) is 11.3 Å². The van der Waals surface area contributed by atoms with E-state index in [1.165, 1.54) is 0 Å². The zero-order valence-corrected chi connectivity index (χ0v) is 11.2. The number of amides is 1. The zero-order chi connectivity index (χ0) is 14.4. The first-order valence-corrected chi connectivity index (χ1v) is 6.22. The number of rotatable bonds is 2. The highest BCUT2D eigenvalue weighted by molar-refractivity contribution is 6.04. The maximum absolute atomic E-state index is 12.2. The van der Waals surface area contributed by atoms with Crippen LogP contribution < -0.4 is 11.1 Å². The number of aromatic nitrogens is 1. The second-order valence-electron chi connectivity index (χ2n) is 4.23. The molecular formula is C16H15N3O. The lowest BCUT2D eigenvalue weighted by atomic mass is 10.1. The molecule has 0 unspecified atom stereocenters. The number of carbonyl (C=O) groups is 1. The molecule has 3 N–H and O–H groups in total. The van der Waals surface area contributed by atoms with Crippen LogP contribution in [0.15, 0.2) is 42.6 Å². The molecule has 0 aliphatic rings. The van der Waals surface area contributed by atoms with Crippen molar-refractivity contribution in [1.82, 2.24) is 4.98 Å². The first kappa shape index (κ1) is 13.8. The fourth-order valence-electron chi connectivity index (χ4n) is 1.66. The van der Waals surface area contributed by atoms with Gasteiger partial charge in [-0.2, -0.15) is 0 Å². The first-order valence-electron chi connectivity index (χ1n) is 6.22. The lowest BCUT2D eigenvalue weighted by Gasteiger charge is -2.06. The van der Waals surface area contributed by atoms with E-state index in [1.54, 1.807) is 18.3 Å². The van der Waals surface area contributed by atoms with E-state index in [0.29, 0.717) is 11.3 Å². The van der Waals surface area contributed by atoms with Crippen molar-refractivity contribution in [2.24, 2.45) is 5.73 Å². The number of nitrogens with one attached hydrogen (secondary N) is 1. The van der Waals surface area contributed by atoms with E-state index in [2.05, 4.69) is 22.1 Å². The summed E-state index contributed by atoms with van der Waals surface area (Å²) in [6, 6.07) is 11.1. The van der Waals surface area contributed by atoms with Crippen LogP contribution in [0.25, 0.3) is 0 Å². The van der Waals surface area contributed by atoms with Gasteiger partial charge < -0.3 is 11.1 Å². The summed E-state index contributed by atoms with van der Waals surface area (Å²) in [5.74, 6) is 5.30. The Morgan fingerprint density at radius 2 is 2.05 bits per heavy atom. The third kappa shape index (κ3) is 3.44. The minimum atomic E-state index is -0.282. The van der Waals surface area contributed by atoms with Gasteiger partial charge in [0, 0.05) is 11.9 Å². The lowest BCUT2D eigenvalue weighted by molar-refractivity contribution is 0.102. The predicted molar refractivity (Wildman–Crippen MR) is 79.3 cm³/mol. The molecule has 1 aromatic carbocycles. The maximum atomic E-state index is 12.2. The zero-order valence-electron chi connectivity index (χ0n) is 11.2. The largest absolute Gasteiger partial charge is 0.321 e. The van der Waals surface area contributed by atoms with Crippen molar-refractivity contribution in [3.63, 3.8) is 0 Å². The monoisotopic (exact) mass is 265 g/mol. The lowest BCUT2D eigenvalue weighted by Crippen LogP contribution is -2.15. The molecule has 0 radical (unpaired) electrons.